The molecule has 3 aromatic rings. The smallest absolute Gasteiger partial charge is 0.151 e. The number of nitrogens with zero attached hydrogens (tertiary/aromatic N) is 2. The average Bonchev–Trinajstić information content (AvgIpc) is 3.16. The van der Waals surface area contributed by atoms with Gasteiger partial charge in [-0.25, -0.2) is 0 Å². The van der Waals surface area contributed by atoms with E-state index in [9.17, 15) is 5.11 Å². The highest BCUT2D eigenvalue weighted by Crippen LogP contribution is 2.66. The zero-order valence-electron chi connectivity index (χ0n) is 18.0. The zero-order chi connectivity index (χ0) is 21.6. The molecule has 2 aliphatic carbocycles. The van der Waals surface area contributed by atoms with Crippen LogP contribution in [-0.2, 0) is 24.9 Å². The van der Waals surface area contributed by atoms with Crippen LogP contribution in [0.2, 0.25) is 5.02 Å². The van der Waals surface area contributed by atoms with E-state index in [1.807, 2.05) is 18.3 Å². The number of aliphatic hydroxyl groups excluding tert-OH is 1. The quantitative estimate of drug-likeness (QED) is 0.622. The summed E-state index contributed by atoms with van der Waals surface area (Å²) in [6.45, 7) is 1.08. The van der Waals surface area contributed by atoms with Crippen LogP contribution < -0.4 is 4.74 Å². The highest BCUT2D eigenvalue weighted by Gasteiger charge is 2.64. The van der Waals surface area contributed by atoms with E-state index in [2.05, 4.69) is 42.3 Å². The Morgan fingerprint density at radius 3 is 2.78 bits per heavy atom. The van der Waals surface area contributed by atoms with Gasteiger partial charge in [0.2, 0.25) is 0 Å². The predicted octanol–water partition coefficient (Wildman–Crippen LogP) is 4.70. The summed E-state index contributed by atoms with van der Waals surface area (Å²) in [5.41, 5.74) is 8.27. The van der Waals surface area contributed by atoms with Crippen LogP contribution in [0.25, 0.3) is 11.1 Å². The maximum atomic E-state index is 10.0. The van der Waals surface area contributed by atoms with Crippen molar-refractivity contribution < 1.29 is 9.84 Å². The lowest BCUT2D eigenvalue weighted by molar-refractivity contribution is -0.0260. The Bertz CT molecular complexity index is 1260. The maximum Gasteiger partial charge on any atom is 0.151 e. The fourth-order valence-electron chi connectivity index (χ4n) is 7.06. The molecule has 4 atom stereocenters. The first kappa shape index (κ1) is 19.1. The largest absolute Gasteiger partial charge is 0.482 e. The summed E-state index contributed by atoms with van der Waals surface area (Å²) in [6, 6.07) is 15.1. The molecule has 3 heterocycles. The number of piperidine rings is 1. The number of pyridine rings is 1. The first-order chi connectivity index (χ1) is 15.6. The molecule has 4 aliphatic rings. The maximum absolute atomic E-state index is 10.0. The summed E-state index contributed by atoms with van der Waals surface area (Å²) < 4.78 is 6.77. The number of rotatable bonds is 2. The summed E-state index contributed by atoms with van der Waals surface area (Å²) in [6.07, 6.45) is 5.04. The van der Waals surface area contributed by atoms with E-state index >= 15 is 0 Å². The normalized spacial score (nSPS) is 29.3. The van der Waals surface area contributed by atoms with Crippen molar-refractivity contribution in [2.24, 2.45) is 5.92 Å². The van der Waals surface area contributed by atoms with Gasteiger partial charge in [-0.05, 0) is 73.7 Å². The number of likely N-dealkylation sites (N-methyl/N-ethyl adjacent to an activating group) is 1. The van der Waals surface area contributed by atoms with Crippen LogP contribution in [0.15, 0.2) is 48.7 Å². The minimum Gasteiger partial charge on any atom is -0.482 e. The first-order valence-electron chi connectivity index (χ1n) is 11.5. The molecule has 7 rings (SSSR count). The van der Waals surface area contributed by atoms with Crippen LogP contribution in [0, 0.1) is 5.92 Å². The topological polar surface area (TPSA) is 45.6 Å². The van der Waals surface area contributed by atoms with Crippen molar-refractivity contribution in [3.05, 3.63) is 81.6 Å². The van der Waals surface area contributed by atoms with E-state index in [1.54, 1.807) is 0 Å². The summed E-state index contributed by atoms with van der Waals surface area (Å²) in [5, 5.41) is 10.8. The van der Waals surface area contributed by atoms with Crippen molar-refractivity contribution in [3.8, 4) is 16.9 Å². The second-order valence-corrected chi connectivity index (χ2v) is 10.3. The van der Waals surface area contributed by atoms with Crippen molar-refractivity contribution >= 4 is 11.6 Å². The Kier molecular flexibility index (Phi) is 3.92. The Balaban J connectivity index is 1.43. The van der Waals surface area contributed by atoms with Crippen LogP contribution in [0.4, 0.5) is 0 Å². The van der Waals surface area contributed by atoms with Gasteiger partial charge in [0.25, 0.3) is 0 Å². The summed E-state index contributed by atoms with van der Waals surface area (Å²) in [5.74, 6) is 1.42. The minimum absolute atomic E-state index is 0.00913. The monoisotopic (exact) mass is 444 g/mol. The highest BCUT2D eigenvalue weighted by atomic mass is 35.5. The van der Waals surface area contributed by atoms with E-state index in [0.717, 1.165) is 59.0 Å². The third-order valence-corrected chi connectivity index (χ3v) is 8.78. The molecule has 0 amide bonds. The van der Waals surface area contributed by atoms with E-state index in [4.69, 9.17) is 21.3 Å². The van der Waals surface area contributed by atoms with Gasteiger partial charge in [0.1, 0.15) is 5.75 Å². The fourth-order valence-corrected chi connectivity index (χ4v) is 7.18. The number of aliphatic hydroxyl groups is 1. The highest BCUT2D eigenvalue weighted by molar-refractivity contribution is 6.30. The predicted molar refractivity (Wildman–Crippen MR) is 124 cm³/mol. The molecule has 2 aromatic carbocycles. The minimum atomic E-state index is -0.0755. The van der Waals surface area contributed by atoms with Gasteiger partial charge in [-0.1, -0.05) is 35.9 Å². The van der Waals surface area contributed by atoms with Gasteiger partial charge in [0, 0.05) is 39.4 Å². The van der Waals surface area contributed by atoms with Crippen molar-refractivity contribution in [3.63, 3.8) is 0 Å². The average molecular weight is 445 g/mol. The second-order valence-electron chi connectivity index (χ2n) is 9.87. The molecule has 32 heavy (non-hydrogen) atoms. The van der Waals surface area contributed by atoms with Gasteiger partial charge in [0.05, 0.1) is 12.3 Å². The summed E-state index contributed by atoms with van der Waals surface area (Å²) >= 11 is 6.10. The molecule has 1 spiro atoms. The Morgan fingerprint density at radius 2 is 1.97 bits per heavy atom. The molecular formula is C27H25ClN2O2. The second kappa shape index (κ2) is 6.57. The molecule has 2 aliphatic heterocycles. The number of hydrogen-bond acceptors (Lipinski definition) is 4. The number of fused-ring (bicyclic) bond motifs is 2. The molecule has 2 bridgehead atoms. The zero-order valence-corrected chi connectivity index (χ0v) is 18.8. The van der Waals surface area contributed by atoms with E-state index in [0.29, 0.717) is 12.0 Å². The third kappa shape index (κ3) is 2.33. The number of likely N-dealkylation sites (tertiary alicyclic amines) is 1. The fraction of sp³-hybridized carbons (Fsp3) is 0.370. The van der Waals surface area contributed by atoms with Crippen LogP contribution in [-0.4, -0.2) is 34.6 Å². The Morgan fingerprint density at radius 1 is 1.12 bits per heavy atom. The first-order valence-corrected chi connectivity index (χ1v) is 11.9. The Hall–Kier alpha value is -2.40. The van der Waals surface area contributed by atoms with Crippen molar-refractivity contribution in [1.29, 1.82) is 0 Å². The molecule has 162 valence electrons. The van der Waals surface area contributed by atoms with Gasteiger partial charge in [-0.2, -0.15) is 0 Å². The SMILES string of the molecule is CN1CC[C@]23c4c5ccc(CO)c4O[C@H]2c2ncc(-c4ccc(Cl)cc4)cc2C[C@H]3C1C5. The van der Waals surface area contributed by atoms with Crippen molar-refractivity contribution in [2.45, 2.75) is 43.4 Å². The molecular weight excluding hydrogens is 420 g/mol. The molecule has 4 nitrogen and oxygen atoms in total. The molecule has 1 aromatic heterocycles. The Labute approximate surface area is 192 Å². The number of halogens is 1. The lowest BCUT2D eigenvalue weighted by Gasteiger charge is -2.57. The molecule has 1 N–H and O–H groups in total. The molecule has 1 fully saturated rings. The van der Waals surface area contributed by atoms with Gasteiger partial charge in [-0.15, -0.1) is 0 Å². The molecule has 0 radical (unpaired) electrons. The molecule has 5 heteroatoms. The van der Waals surface area contributed by atoms with Crippen molar-refractivity contribution in [1.82, 2.24) is 9.88 Å². The number of benzene rings is 2. The summed E-state index contributed by atoms with van der Waals surface area (Å²) in [7, 11) is 2.27. The van der Waals surface area contributed by atoms with Crippen LogP contribution in [0.1, 0.15) is 40.5 Å². The van der Waals surface area contributed by atoms with Crippen molar-refractivity contribution in [2.75, 3.05) is 13.6 Å². The van der Waals surface area contributed by atoms with Crippen LogP contribution in [0.5, 0.6) is 5.75 Å². The number of ether oxygens (including phenoxy) is 1. The van der Waals surface area contributed by atoms with Crippen LogP contribution in [0.3, 0.4) is 0 Å². The van der Waals surface area contributed by atoms with Gasteiger partial charge in [-0.3, -0.25) is 4.98 Å². The van der Waals surface area contributed by atoms with E-state index in [-0.39, 0.29) is 18.1 Å². The summed E-state index contributed by atoms with van der Waals surface area (Å²) in [4.78, 5) is 7.57. The number of aromatic nitrogens is 1. The lowest BCUT2D eigenvalue weighted by atomic mass is 9.51. The van der Waals surface area contributed by atoms with E-state index < -0.39 is 0 Å². The number of hydrogen-bond donors (Lipinski definition) is 1. The molecule has 1 unspecified atom stereocenters. The van der Waals surface area contributed by atoms with E-state index in [1.165, 1.54) is 16.7 Å². The van der Waals surface area contributed by atoms with Gasteiger partial charge < -0.3 is 14.7 Å². The van der Waals surface area contributed by atoms with Crippen LogP contribution >= 0.6 is 11.6 Å². The molecule has 1 saturated heterocycles. The van der Waals surface area contributed by atoms with Gasteiger partial charge in [0.15, 0.2) is 6.10 Å². The molecule has 0 saturated carbocycles. The standard InChI is InChI=1S/C27H25ClN2O2/c1-30-9-8-27-21-11-18-10-19(15-4-6-20(28)7-5-15)13-29-24(18)26(27)32-25-17(14-31)3-2-16(23(25)27)12-22(21)30/h2-7,10,13,21-22,26,31H,8-9,11-12,14H2,1H3/t21-,22?,26-,27-/m0/s1. The van der Waals surface area contributed by atoms with Gasteiger partial charge >= 0.3 is 0 Å². The third-order valence-electron chi connectivity index (χ3n) is 8.53. The lowest BCUT2D eigenvalue weighted by Crippen LogP contribution is -2.62.